The fraction of sp³-hybridized carbons (Fsp3) is 0.941. The SMILES string of the molecule is CCCN(CCNC1CSCC(C)(C)C1)C(=O)OC(C)(C)C. The summed E-state index contributed by atoms with van der Waals surface area (Å²) in [5.74, 6) is 2.41. The molecular weight excluding hydrogens is 296 g/mol. The molecule has 1 amide bonds. The van der Waals surface area contributed by atoms with Crippen LogP contribution < -0.4 is 5.32 Å². The molecule has 0 bridgehead atoms. The Bertz CT molecular complexity index is 353. The lowest BCUT2D eigenvalue weighted by Gasteiger charge is -2.35. The number of amides is 1. The zero-order chi connectivity index (χ0) is 16.8. The minimum atomic E-state index is -0.430. The van der Waals surface area contributed by atoms with Crippen molar-refractivity contribution in [2.24, 2.45) is 5.41 Å². The lowest BCUT2D eigenvalue weighted by atomic mass is 9.88. The van der Waals surface area contributed by atoms with Crippen molar-refractivity contribution < 1.29 is 9.53 Å². The van der Waals surface area contributed by atoms with E-state index in [1.807, 2.05) is 37.4 Å². The van der Waals surface area contributed by atoms with E-state index >= 15 is 0 Å². The van der Waals surface area contributed by atoms with Crippen LogP contribution in [0, 0.1) is 5.41 Å². The summed E-state index contributed by atoms with van der Waals surface area (Å²) in [6.45, 7) is 14.8. The second-order valence-electron chi connectivity index (χ2n) is 8.00. The molecule has 0 saturated carbocycles. The van der Waals surface area contributed by atoms with Gasteiger partial charge in [-0.2, -0.15) is 11.8 Å². The van der Waals surface area contributed by atoms with E-state index in [9.17, 15) is 4.79 Å². The molecule has 1 rings (SSSR count). The van der Waals surface area contributed by atoms with Crippen molar-refractivity contribution in [3.8, 4) is 0 Å². The molecule has 130 valence electrons. The van der Waals surface area contributed by atoms with Crippen molar-refractivity contribution in [3.63, 3.8) is 0 Å². The van der Waals surface area contributed by atoms with Gasteiger partial charge >= 0.3 is 6.09 Å². The maximum absolute atomic E-state index is 12.2. The molecule has 5 heteroatoms. The second kappa shape index (κ2) is 8.44. The van der Waals surface area contributed by atoms with Crippen LogP contribution in [0.5, 0.6) is 0 Å². The molecule has 1 atom stereocenters. The van der Waals surface area contributed by atoms with E-state index in [0.29, 0.717) is 18.0 Å². The average Bonchev–Trinajstić information content (AvgIpc) is 2.34. The zero-order valence-corrected chi connectivity index (χ0v) is 16.0. The molecule has 0 aromatic rings. The second-order valence-corrected chi connectivity index (χ2v) is 9.03. The van der Waals surface area contributed by atoms with E-state index in [0.717, 1.165) is 19.5 Å². The largest absolute Gasteiger partial charge is 0.444 e. The summed E-state index contributed by atoms with van der Waals surface area (Å²) in [7, 11) is 0. The molecule has 1 aliphatic heterocycles. The predicted molar refractivity (Wildman–Crippen MR) is 95.6 cm³/mol. The van der Waals surface area contributed by atoms with Crippen molar-refractivity contribution >= 4 is 17.9 Å². The van der Waals surface area contributed by atoms with Gasteiger partial charge in [-0.3, -0.25) is 0 Å². The minimum absolute atomic E-state index is 0.200. The van der Waals surface area contributed by atoms with E-state index in [1.165, 1.54) is 17.9 Å². The highest BCUT2D eigenvalue weighted by atomic mass is 32.2. The highest BCUT2D eigenvalue weighted by Gasteiger charge is 2.28. The van der Waals surface area contributed by atoms with Crippen molar-refractivity contribution in [3.05, 3.63) is 0 Å². The molecule has 1 unspecified atom stereocenters. The molecule has 0 aromatic carbocycles. The van der Waals surface area contributed by atoms with Crippen LogP contribution >= 0.6 is 11.8 Å². The van der Waals surface area contributed by atoms with Crippen molar-refractivity contribution in [1.29, 1.82) is 0 Å². The molecule has 0 aliphatic carbocycles. The van der Waals surface area contributed by atoms with Crippen LogP contribution in [0.3, 0.4) is 0 Å². The van der Waals surface area contributed by atoms with E-state index in [1.54, 1.807) is 0 Å². The van der Waals surface area contributed by atoms with E-state index in [-0.39, 0.29) is 6.09 Å². The molecule has 1 aliphatic rings. The van der Waals surface area contributed by atoms with E-state index < -0.39 is 5.60 Å². The Labute approximate surface area is 140 Å². The number of carbonyl (C=O) groups is 1. The van der Waals surface area contributed by atoms with Gasteiger partial charge in [-0.15, -0.1) is 0 Å². The van der Waals surface area contributed by atoms with Crippen LogP contribution in [0.1, 0.15) is 54.4 Å². The molecule has 1 fully saturated rings. The summed E-state index contributed by atoms with van der Waals surface area (Å²) >= 11 is 2.03. The van der Waals surface area contributed by atoms with Gasteiger partial charge in [0.25, 0.3) is 0 Å². The van der Waals surface area contributed by atoms with Crippen LogP contribution in [0.2, 0.25) is 0 Å². The topological polar surface area (TPSA) is 41.6 Å². The monoisotopic (exact) mass is 330 g/mol. The number of ether oxygens (including phenoxy) is 1. The molecule has 1 saturated heterocycles. The quantitative estimate of drug-likeness (QED) is 0.805. The van der Waals surface area contributed by atoms with Crippen molar-refractivity contribution in [1.82, 2.24) is 10.2 Å². The first-order valence-electron chi connectivity index (χ1n) is 8.42. The van der Waals surface area contributed by atoms with Gasteiger partial charge in [-0.05, 0) is 44.8 Å². The van der Waals surface area contributed by atoms with E-state index in [2.05, 4.69) is 26.1 Å². The number of nitrogens with one attached hydrogen (secondary N) is 1. The number of hydrogen-bond acceptors (Lipinski definition) is 4. The number of nitrogens with zero attached hydrogens (tertiary/aromatic N) is 1. The van der Waals surface area contributed by atoms with Gasteiger partial charge in [0, 0.05) is 31.4 Å². The third-order valence-corrected chi connectivity index (χ3v) is 5.19. The lowest BCUT2D eigenvalue weighted by Crippen LogP contribution is -2.45. The zero-order valence-electron chi connectivity index (χ0n) is 15.2. The molecular formula is C17H34N2O2S. The summed E-state index contributed by atoms with van der Waals surface area (Å²) in [4.78, 5) is 14.0. The van der Waals surface area contributed by atoms with Gasteiger partial charge in [0.15, 0.2) is 0 Å². The number of carbonyl (C=O) groups excluding carboxylic acids is 1. The normalized spacial score (nSPS) is 21.5. The summed E-state index contributed by atoms with van der Waals surface area (Å²) in [5, 5.41) is 3.61. The van der Waals surface area contributed by atoms with Crippen LogP contribution in [-0.2, 0) is 4.74 Å². The van der Waals surface area contributed by atoms with Gasteiger partial charge in [-0.1, -0.05) is 20.8 Å². The minimum Gasteiger partial charge on any atom is -0.444 e. The molecule has 0 radical (unpaired) electrons. The predicted octanol–water partition coefficient (Wildman–Crippen LogP) is 3.75. The molecule has 0 aromatic heterocycles. The fourth-order valence-electron chi connectivity index (χ4n) is 2.69. The maximum Gasteiger partial charge on any atom is 0.410 e. The summed E-state index contributed by atoms with van der Waals surface area (Å²) in [6, 6.07) is 0.552. The van der Waals surface area contributed by atoms with Gasteiger partial charge in [0.1, 0.15) is 5.60 Å². The summed E-state index contributed by atoms with van der Waals surface area (Å²) in [6.07, 6.45) is 1.96. The number of rotatable bonds is 6. The maximum atomic E-state index is 12.2. The number of hydrogen-bond donors (Lipinski definition) is 1. The Morgan fingerprint density at radius 3 is 2.59 bits per heavy atom. The van der Waals surface area contributed by atoms with Crippen LogP contribution in [0.4, 0.5) is 4.79 Å². The van der Waals surface area contributed by atoms with Crippen LogP contribution in [0.25, 0.3) is 0 Å². The highest BCUT2D eigenvalue weighted by Crippen LogP contribution is 2.33. The first kappa shape index (κ1) is 19.6. The molecule has 1 heterocycles. The standard InChI is InChI=1S/C17H34N2O2S/c1-7-9-19(15(20)21-16(2,3)4)10-8-18-14-11-17(5,6)13-22-12-14/h14,18H,7-13H2,1-6H3. The fourth-order valence-corrected chi connectivity index (χ4v) is 4.00. The van der Waals surface area contributed by atoms with Crippen molar-refractivity contribution in [2.75, 3.05) is 31.1 Å². The Morgan fingerprint density at radius 2 is 2.05 bits per heavy atom. The third-order valence-electron chi connectivity index (χ3n) is 3.57. The number of thioether (sulfide) groups is 1. The van der Waals surface area contributed by atoms with Gasteiger partial charge < -0.3 is 15.0 Å². The smallest absolute Gasteiger partial charge is 0.410 e. The van der Waals surface area contributed by atoms with E-state index in [4.69, 9.17) is 4.74 Å². The molecule has 22 heavy (non-hydrogen) atoms. The summed E-state index contributed by atoms with van der Waals surface area (Å²) in [5.41, 5.74) is -0.0185. The molecule has 1 N–H and O–H groups in total. The Kier molecular flexibility index (Phi) is 7.53. The lowest BCUT2D eigenvalue weighted by molar-refractivity contribution is 0.0250. The van der Waals surface area contributed by atoms with Gasteiger partial charge in [-0.25, -0.2) is 4.79 Å². The Morgan fingerprint density at radius 1 is 1.36 bits per heavy atom. The van der Waals surface area contributed by atoms with Crippen molar-refractivity contribution in [2.45, 2.75) is 66.0 Å². The third kappa shape index (κ3) is 7.73. The average molecular weight is 331 g/mol. The Hall–Kier alpha value is -0.420. The van der Waals surface area contributed by atoms with Gasteiger partial charge in [0.05, 0.1) is 0 Å². The first-order chi connectivity index (χ1) is 10.1. The molecule has 4 nitrogen and oxygen atoms in total. The Balaban J connectivity index is 2.39. The summed E-state index contributed by atoms with van der Waals surface area (Å²) < 4.78 is 5.48. The highest BCUT2D eigenvalue weighted by molar-refractivity contribution is 7.99. The van der Waals surface area contributed by atoms with Gasteiger partial charge in [0.2, 0.25) is 0 Å². The van der Waals surface area contributed by atoms with Crippen LogP contribution in [0.15, 0.2) is 0 Å². The first-order valence-corrected chi connectivity index (χ1v) is 9.57. The van der Waals surface area contributed by atoms with Crippen LogP contribution in [-0.4, -0.2) is 53.8 Å². The molecule has 0 spiro atoms.